The Morgan fingerprint density at radius 3 is 2.74 bits per heavy atom. The molecule has 27 heavy (non-hydrogen) atoms. The second-order valence-electron chi connectivity index (χ2n) is 7.95. The van der Waals surface area contributed by atoms with Crippen LogP contribution in [0.3, 0.4) is 0 Å². The first kappa shape index (κ1) is 19.9. The lowest BCUT2D eigenvalue weighted by Gasteiger charge is -2.32. The second-order valence-corrected chi connectivity index (χ2v) is 7.95. The van der Waals surface area contributed by atoms with Gasteiger partial charge in [-0.25, -0.2) is 9.98 Å². The molecule has 2 fully saturated rings. The number of aliphatic imine (C=N–C) groups is 1. The molecule has 1 aliphatic heterocycles. The summed E-state index contributed by atoms with van der Waals surface area (Å²) in [5.74, 6) is 2.81. The first-order valence-electron chi connectivity index (χ1n) is 10.5. The summed E-state index contributed by atoms with van der Waals surface area (Å²) in [5.41, 5.74) is 1.13. The monoisotopic (exact) mass is 373 g/mol. The van der Waals surface area contributed by atoms with E-state index in [0.717, 1.165) is 49.5 Å². The van der Waals surface area contributed by atoms with Gasteiger partial charge in [0.15, 0.2) is 5.96 Å². The number of anilines is 1. The molecule has 1 saturated heterocycles. The fourth-order valence-corrected chi connectivity index (χ4v) is 3.81. The molecule has 1 unspecified atom stereocenters. The Morgan fingerprint density at radius 2 is 2.07 bits per heavy atom. The number of ether oxygens (including phenoxy) is 1. The van der Waals surface area contributed by atoms with E-state index in [0.29, 0.717) is 12.6 Å². The summed E-state index contributed by atoms with van der Waals surface area (Å²) >= 11 is 0. The van der Waals surface area contributed by atoms with Crippen LogP contribution in [0.25, 0.3) is 0 Å². The van der Waals surface area contributed by atoms with Gasteiger partial charge in [-0.2, -0.15) is 0 Å². The van der Waals surface area contributed by atoms with Crippen molar-refractivity contribution in [1.29, 1.82) is 0 Å². The van der Waals surface area contributed by atoms with Crippen molar-refractivity contribution in [2.75, 3.05) is 31.1 Å². The topological polar surface area (TPSA) is 61.8 Å². The van der Waals surface area contributed by atoms with Gasteiger partial charge < -0.3 is 20.3 Å². The van der Waals surface area contributed by atoms with E-state index in [1.807, 2.05) is 6.20 Å². The summed E-state index contributed by atoms with van der Waals surface area (Å²) in [6, 6.07) is 4.78. The van der Waals surface area contributed by atoms with Gasteiger partial charge in [0.05, 0.1) is 19.3 Å². The molecule has 2 N–H and O–H groups in total. The lowest BCUT2D eigenvalue weighted by Crippen LogP contribution is -2.44. The van der Waals surface area contributed by atoms with Gasteiger partial charge in [0, 0.05) is 31.9 Å². The molecule has 3 rings (SSSR count). The van der Waals surface area contributed by atoms with Crippen molar-refractivity contribution >= 4 is 11.8 Å². The average Bonchev–Trinajstić information content (AvgIpc) is 2.68. The van der Waals surface area contributed by atoms with Gasteiger partial charge in [0.25, 0.3) is 0 Å². The molecule has 1 saturated carbocycles. The summed E-state index contributed by atoms with van der Waals surface area (Å²) in [6.45, 7) is 10.7. The molecule has 0 spiro atoms. The van der Waals surface area contributed by atoms with Gasteiger partial charge in [-0.1, -0.05) is 13.0 Å². The molecule has 0 radical (unpaired) electrons. The molecule has 2 heterocycles. The molecule has 2 aliphatic rings. The number of aromatic nitrogens is 1. The number of nitrogens with one attached hydrogen (secondary N) is 2. The first-order chi connectivity index (χ1) is 13.1. The van der Waals surface area contributed by atoms with Crippen LogP contribution in [0.15, 0.2) is 23.3 Å². The lowest BCUT2D eigenvalue weighted by molar-refractivity contribution is 0.0529. The Labute approximate surface area is 163 Å². The maximum Gasteiger partial charge on any atom is 0.191 e. The molecule has 0 aromatic carbocycles. The van der Waals surface area contributed by atoms with E-state index in [9.17, 15) is 0 Å². The summed E-state index contributed by atoms with van der Waals surface area (Å²) in [7, 11) is 0. The Kier molecular flexibility index (Phi) is 7.33. The molecule has 1 aliphatic carbocycles. The zero-order chi connectivity index (χ0) is 19.1. The molecule has 0 amide bonds. The molecule has 6 heteroatoms. The number of morpholine rings is 1. The summed E-state index contributed by atoms with van der Waals surface area (Å²) in [6.07, 6.45) is 7.30. The van der Waals surface area contributed by atoms with Gasteiger partial charge in [-0.15, -0.1) is 0 Å². The minimum atomic E-state index is 0.265. The number of rotatable bonds is 5. The van der Waals surface area contributed by atoms with Crippen molar-refractivity contribution in [3.05, 3.63) is 23.9 Å². The van der Waals surface area contributed by atoms with Crippen molar-refractivity contribution in [1.82, 2.24) is 15.6 Å². The van der Waals surface area contributed by atoms with Crippen LogP contribution in [-0.4, -0.2) is 49.3 Å². The van der Waals surface area contributed by atoms with Crippen LogP contribution in [0, 0.1) is 5.92 Å². The van der Waals surface area contributed by atoms with Crippen molar-refractivity contribution < 1.29 is 4.74 Å². The Hall–Kier alpha value is -1.82. The standard InChI is InChI=1S/C21H35N5O/c1-4-22-21(25-19-8-5-16(2)6-9-19)24-14-18-7-10-20(23-13-18)26-11-12-27-17(3)15-26/h7,10,13,16-17,19H,4-6,8-9,11-12,14-15H2,1-3H3,(H2,22,24,25). The zero-order valence-corrected chi connectivity index (χ0v) is 17.1. The second kappa shape index (κ2) is 9.93. The minimum Gasteiger partial charge on any atom is -0.375 e. The minimum absolute atomic E-state index is 0.265. The molecule has 1 aromatic heterocycles. The summed E-state index contributed by atoms with van der Waals surface area (Å²) < 4.78 is 5.61. The number of guanidine groups is 1. The number of hydrogen-bond donors (Lipinski definition) is 2. The fourth-order valence-electron chi connectivity index (χ4n) is 3.81. The lowest BCUT2D eigenvalue weighted by atomic mass is 9.87. The highest BCUT2D eigenvalue weighted by atomic mass is 16.5. The van der Waals surface area contributed by atoms with Crippen molar-refractivity contribution in [3.8, 4) is 0 Å². The van der Waals surface area contributed by atoms with Gasteiger partial charge in [0.1, 0.15) is 5.82 Å². The van der Waals surface area contributed by atoms with Crippen LogP contribution in [0.4, 0.5) is 5.82 Å². The number of nitrogens with zero attached hydrogens (tertiary/aromatic N) is 3. The highest BCUT2D eigenvalue weighted by Gasteiger charge is 2.19. The highest BCUT2D eigenvalue weighted by molar-refractivity contribution is 5.80. The molecule has 0 bridgehead atoms. The predicted octanol–water partition coefficient (Wildman–Crippen LogP) is 2.94. The predicted molar refractivity (Wildman–Crippen MR) is 111 cm³/mol. The van der Waals surface area contributed by atoms with Crippen molar-refractivity contribution in [2.24, 2.45) is 10.9 Å². The van der Waals surface area contributed by atoms with Gasteiger partial charge in [-0.05, 0) is 57.1 Å². The average molecular weight is 374 g/mol. The molecule has 150 valence electrons. The largest absolute Gasteiger partial charge is 0.375 e. The maximum atomic E-state index is 5.61. The third-order valence-electron chi connectivity index (χ3n) is 5.49. The number of pyridine rings is 1. The van der Waals surface area contributed by atoms with E-state index < -0.39 is 0 Å². The fraction of sp³-hybridized carbons (Fsp3) is 0.714. The van der Waals surface area contributed by atoms with Gasteiger partial charge >= 0.3 is 0 Å². The Bertz CT molecular complexity index is 595. The van der Waals surface area contributed by atoms with Crippen LogP contribution < -0.4 is 15.5 Å². The van der Waals surface area contributed by atoms with Crippen molar-refractivity contribution in [2.45, 2.75) is 65.1 Å². The van der Waals surface area contributed by atoms with E-state index in [2.05, 4.69) is 53.4 Å². The quantitative estimate of drug-likeness (QED) is 0.614. The third-order valence-corrected chi connectivity index (χ3v) is 5.49. The van der Waals surface area contributed by atoms with Crippen LogP contribution >= 0.6 is 0 Å². The van der Waals surface area contributed by atoms with E-state index in [1.165, 1.54) is 25.7 Å². The summed E-state index contributed by atoms with van der Waals surface area (Å²) in [5, 5.41) is 6.99. The molecule has 1 aromatic rings. The van der Waals surface area contributed by atoms with Crippen LogP contribution in [0.1, 0.15) is 52.0 Å². The van der Waals surface area contributed by atoms with E-state index in [4.69, 9.17) is 9.73 Å². The Balaban J connectivity index is 1.55. The molecular weight excluding hydrogens is 338 g/mol. The highest BCUT2D eigenvalue weighted by Crippen LogP contribution is 2.23. The molecule has 1 atom stereocenters. The SMILES string of the molecule is CCNC(=NCc1ccc(N2CCOC(C)C2)nc1)NC1CCC(C)CC1. The zero-order valence-electron chi connectivity index (χ0n) is 17.1. The van der Waals surface area contributed by atoms with Crippen molar-refractivity contribution in [3.63, 3.8) is 0 Å². The Morgan fingerprint density at radius 1 is 1.26 bits per heavy atom. The smallest absolute Gasteiger partial charge is 0.191 e. The van der Waals surface area contributed by atoms with E-state index in [1.54, 1.807) is 0 Å². The maximum absolute atomic E-state index is 5.61. The van der Waals surface area contributed by atoms with Crippen LogP contribution in [-0.2, 0) is 11.3 Å². The van der Waals surface area contributed by atoms with E-state index >= 15 is 0 Å². The summed E-state index contributed by atoms with van der Waals surface area (Å²) in [4.78, 5) is 11.7. The first-order valence-corrected chi connectivity index (χ1v) is 10.5. The van der Waals surface area contributed by atoms with Gasteiger partial charge in [-0.3, -0.25) is 0 Å². The van der Waals surface area contributed by atoms with Gasteiger partial charge in [0.2, 0.25) is 0 Å². The normalized spacial score (nSPS) is 26.7. The molecule has 6 nitrogen and oxygen atoms in total. The van der Waals surface area contributed by atoms with Crippen LogP contribution in [0.5, 0.6) is 0 Å². The third kappa shape index (κ3) is 6.09. The number of hydrogen-bond acceptors (Lipinski definition) is 4. The van der Waals surface area contributed by atoms with E-state index in [-0.39, 0.29) is 6.10 Å². The van der Waals surface area contributed by atoms with Crippen LogP contribution in [0.2, 0.25) is 0 Å². The molecular formula is C21H35N5O.